The first kappa shape index (κ1) is 10.8. The predicted molar refractivity (Wildman–Crippen MR) is 63.0 cm³/mol. The van der Waals surface area contributed by atoms with Crippen LogP contribution in [0.5, 0.6) is 5.75 Å². The third-order valence-corrected chi connectivity index (χ3v) is 3.16. The monoisotopic (exact) mass is 216 g/mol. The maximum absolute atomic E-state index is 8.82. The van der Waals surface area contributed by atoms with Crippen molar-refractivity contribution in [2.45, 2.75) is 25.7 Å². The van der Waals surface area contributed by atoms with E-state index in [-0.39, 0.29) is 0 Å². The quantitative estimate of drug-likeness (QED) is 0.787. The molecular formula is C13H16N2O. The van der Waals surface area contributed by atoms with Gasteiger partial charge >= 0.3 is 0 Å². The van der Waals surface area contributed by atoms with Crippen molar-refractivity contribution in [2.75, 3.05) is 12.3 Å². The summed E-state index contributed by atoms with van der Waals surface area (Å²) < 4.78 is 5.60. The molecule has 3 heteroatoms. The summed E-state index contributed by atoms with van der Waals surface area (Å²) in [5.74, 6) is 1.59. The van der Waals surface area contributed by atoms with Gasteiger partial charge in [-0.15, -0.1) is 0 Å². The van der Waals surface area contributed by atoms with Crippen molar-refractivity contribution in [3.05, 3.63) is 23.8 Å². The summed E-state index contributed by atoms with van der Waals surface area (Å²) in [6.07, 6.45) is 5.17. The summed E-state index contributed by atoms with van der Waals surface area (Å²) in [6, 6.07) is 7.29. The van der Waals surface area contributed by atoms with E-state index in [1.54, 1.807) is 12.1 Å². The fraction of sp³-hybridized carbons (Fsp3) is 0.462. The fourth-order valence-corrected chi connectivity index (χ4v) is 1.85. The maximum Gasteiger partial charge on any atom is 0.120 e. The van der Waals surface area contributed by atoms with Gasteiger partial charge in [0.05, 0.1) is 12.2 Å². The summed E-state index contributed by atoms with van der Waals surface area (Å²) >= 11 is 0. The van der Waals surface area contributed by atoms with Gasteiger partial charge in [-0.05, 0) is 30.5 Å². The van der Waals surface area contributed by atoms with Gasteiger partial charge in [-0.1, -0.05) is 19.3 Å². The molecule has 0 aliphatic heterocycles. The zero-order valence-electron chi connectivity index (χ0n) is 9.28. The second-order valence-corrected chi connectivity index (χ2v) is 4.29. The van der Waals surface area contributed by atoms with Gasteiger partial charge in [0, 0.05) is 5.69 Å². The molecule has 0 aromatic heterocycles. The van der Waals surface area contributed by atoms with Crippen LogP contribution in [0.4, 0.5) is 5.69 Å². The standard InChI is InChI=1S/C13H16N2O/c14-9-11-8-12(4-5-13(11)15)16-7-6-10-2-1-3-10/h4-5,8,10H,1-3,6-7,15H2. The first-order valence-electron chi connectivity index (χ1n) is 5.72. The molecule has 84 valence electrons. The number of ether oxygens (including phenoxy) is 1. The molecule has 3 nitrogen and oxygen atoms in total. The molecule has 0 atom stereocenters. The number of rotatable bonds is 4. The lowest BCUT2D eigenvalue weighted by atomic mass is 9.83. The van der Waals surface area contributed by atoms with Crippen molar-refractivity contribution in [3.8, 4) is 11.8 Å². The number of nitriles is 1. The lowest BCUT2D eigenvalue weighted by Gasteiger charge is -2.24. The molecule has 0 unspecified atom stereocenters. The highest BCUT2D eigenvalue weighted by molar-refractivity contribution is 5.56. The highest BCUT2D eigenvalue weighted by atomic mass is 16.5. The summed E-state index contributed by atoms with van der Waals surface area (Å²) in [4.78, 5) is 0. The Morgan fingerprint density at radius 1 is 1.44 bits per heavy atom. The van der Waals surface area contributed by atoms with Gasteiger partial charge < -0.3 is 10.5 Å². The van der Waals surface area contributed by atoms with Crippen LogP contribution in [-0.4, -0.2) is 6.61 Å². The van der Waals surface area contributed by atoms with Gasteiger partial charge in [-0.3, -0.25) is 0 Å². The maximum atomic E-state index is 8.82. The van der Waals surface area contributed by atoms with Crippen LogP contribution < -0.4 is 10.5 Å². The number of hydrogen-bond acceptors (Lipinski definition) is 3. The van der Waals surface area contributed by atoms with Crippen LogP contribution >= 0.6 is 0 Å². The Kier molecular flexibility index (Phi) is 3.31. The minimum Gasteiger partial charge on any atom is -0.494 e. The number of hydrogen-bond donors (Lipinski definition) is 1. The van der Waals surface area contributed by atoms with E-state index in [1.807, 2.05) is 6.07 Å². The average molecular weight is 216 g/mol. The lowest BCUT2D eigenvalue weighted by molar-refractivity contribution is 0.222. The highest BCUT2D eigenvalue weighted by Crippen LogP contribution is 2.29. The zero-order valence-corrected chi connectivity index (χ0v) is 9.28. The van der Waals surface area contributed by atoms with Crippen molar-refractivity contribution in [2.24, 2.45) is 5.92 Å². The number of nitrogen functional groups attached to an aromatic ring is 1. The van der Waals surface area contributed by atoms with E-state index in [4.69, 9.17) is 15.7 Å². The Morgan fingerprint density at radius 2 is 2.25 bits per heavy atom. The van der Waals surface area contributed by atoms with Gasteiger partial charge in [0.2, 0.25) is 0 Å². The molecule has 0 radical (unpaired) electrons. The number of benzene rings is 1. The number of nitrogens with two attached hydrogens (primary N) is 1. The van der Waals surface area contributed by atoms with Crippen molar-refractivity contribution >= 4 is 5.69 Å². The molecule has 2 rings (SSSR count). The first-order chi connectivity index (χ1) is 7.79. The second-order valence-electron chi connectivity index (χ2n) is 4.29. The lowest BCUT2D eigenvalue weighted by Crippen LogP contribution is -2.14. The Bertz CT molecular complexity index is 405. The van der Waals surface area contributed by atoms with Crippen molar-refractivity contribution in [1.82, 2.24) is 0 Å². The van der Waals surface area contributed by atoms with Crippen LogP contribution in [0.2, 0.25) is 0 Å². The van der Waals surface area contributed by atoms with E-state index >= 15 is 0 Å². The van der Waals surface area contributed by atoms with E-state index in [9.17, 15) is 0 Å². The van der Waals surface area contributed by atoms with E-state index in [0.717, 1.165) is 24.7 Å². The zero-order chi connectivity index (χ0) is 11.4. The predicted octanol–water partition coefficient (Wildman–Crippen LogP) is 2.71. The van der Waals surface area contributed by atoms with E-state index in [1.165, 1.54) is 19.3 Å². The average Bonchev–Trinajstić information content (AvgIpc) is 2.24. The molecule has 1 saturated carbocycles. The largest absolute Gasteiger partial charge is 0.494 e. The van der Waals surface area contributed by atoms with Crippen molar-refractivity contribution < 1.29 is 4.74 Å². The first-order valence-corrected chi connectivity index (χ1v) is 5.72. The van der Waals surface area contributed by atoms with Crippen LogP contribution in [0.25, 0.3) is 0 Å². The minimum absolute atomic E-state index is 0.487. The Balaban J connectivity index is 1.86. The second kappa shape index (κ2) is 4.89. The Hall–Kier alpha value is -1.69. The topological polar surface area (TPSA) is 59.0 Å². The van der Waals surface area contributed by atoms with Crippen LogP contribution in [0, 0.1) is 17.2 Å². The number of anilines is 1. The van der Waals surface area contributed by atoms with Gasteiger partial charge in [-0.25, -0.2) is 0 Å². The van der Waals surface area contributed by atoms with E-state index < -0.39 is 0 Å². The molecule has 2 N–H and O–H groups in total. The fourth-order valence-electron chi connectivity index (χ4n) is 1.85. The van der Waals surface area contributed by atoms with Crippen LogP contribution in [0.1, 0.15) is 31.2 Å². The van der Waals surface area contributed by atoms with Crippen molar-refractivity contribution in [3.63, 3.8) is 0 Å². The van der Waals surface area contributed by atoms with E-state index in [2.05, 4.69) is 6.07 Å². The van der Waals surface area contributed by atoms with Crippen LogP contribution in [0.15, 0.2) is 18.2 Å². The summed E-state index contributed by atoms with van der Waals surface area (Å²) in [5.41, 5.74) is 6.62. The van der Waals surface area contributed by atoms with Gasteiger partial charge in [0.25, 0.3) is 0 Å². The van der Waals surface area contributed by atoms with E-state index in [0.29, 0.717) is 11.3 Å². The summed E-state index contributed by atoms with van der Waals surface area (Å²) in [6.45, 7) is 0.736. The molecule has 1 aliphatic carbocycles. The third kappa shape index (κ3) is 2.46. The smallest absolute Gasteiger partial charge is 0.120 e. The molecule has 0 heterocycles. The molecule has 1 fully saturated rings. The molecule has 1 aliphatic rings. The summed E-state index contributed by atoms with van der Waals surface area (Å²) in [5, 5.41) is 8.82. The Labute approximate surface area is 95.8 Å². The molecular weight excluding hydrogens is 200 g/mol. The highest BCUT2D eigenvalue weighted by Gasteiger charge is 2.16. The Morgan fingerprint density at radius 3 is 2.88 bits per heavy atom. The van der Waals surface area contributed by atoms with Crippen molar-refractivity contribution in [1.29, 1.82) is 5.26 Å². The molecule has 0 saturated heterocycles. The summed E-state index contributed by atoms with van der Waals surface area (Å²) in [7, 11) is 0. The third-order valence-electron chi connectivity index (χ3n) is 3.16. The van der Waals surface area contributed by atoms with Gasteiger partial charge in [0.15, 0.2) is 0 Å². The molecule has 0 amide bonds. The van der Waals surface area contributed by atoms with Gasteiger partial charge in [-0.2, -0.15) is 5.26 Å². The SMILES string of the molecule is N#Cc1cc(OCCC2CCC2)ccc1N. The molecule has 1 aromatic rings. The molecule has 0 bridgehead atoms. The van der Waals surface area contributed by atoms with Crippen LogP contribution in [-0.2, 0) is 0 Å². The molecule has 0 spiro atoms. The normalized spacial score (nSPS) is 15.2. The molecule has 16 heavy (non-hydrogen) atoms. The molecule has 1 aromatic carbocycles. The minimum atomic E-state index is 0.487. The van der Waals surface area contributed by atoms with Gasteiger partial charge in [0.1, 0.15) is 11.8 Å². The number of nitrogens with zero attached hydrogens (tertiary/aromatic N) is 1. The van der Waals surface area contributed by atoms with Crippen LogP contribution in [0.3, 0.4) is 0 Å².